The smallest absolute Gasteiger partial charge is 0.374 e. The second-order valence-electron chi connectivity index (χ2n) is 18.7. The Morgan fingerprint density at radius 2 is 0.726 bits per heavy atom. The number of halogens is 24. The van der Waals surface area contributed by atoms with E-state index in [4.69, 9.17) is 25.2 Å². The second-order valence-corrected chi connectivity index (χ2v) is 18.7. The van der Waals surface area contributed by atoms with E-state index in [-0.39, 0.29) is 48.3 Å². The zero-order valence-electron chi connectivity index (χ0n) is 36.9. The Kier molecular flexibility index (Phi) is 17.5. The summed E-state index contributed by atoms with van der Waals surface area (Å²) in [5, 5.41) is 36.2. The summed E-state index contributed by atoms with van der Waals surface area (Å²) in [6.45, 7) is 1.50. The fraction of sp³-hybridized carbons (Fsp3) is 0.682. The molecule has 3 fully saturated rings. The van der Waals surface area contributed by atoms with E-state index in [0.29, 0.717) is 43.4 Å². The molecule has 0 aromatic heterocycles. The van der Waals surface area contributed by atoms with Crippen LogP contribution in [0.4, 0.5) is 105 Å². The molecule has 9 unspecified atom stereocenters. The molecule has 29 heteroatoms. The zero-order valence-corrected chi connectivity index (χ0v) is 36.9. The number of aliphatic hydroxyl groups is 4. The van der Waals surface area contributed by atoms with E-state index in [0.717, 1.165) is 12.1 Å². The Hall–Kier alpha value is -3.70. The summed E-state index contributed by atoms with van der Waals surface area (Å²) in [5.41, 5.74) is -19.8. The van der Waals surface area contributed by atoms with Crippen molar-refractivity contribution in [1.82, 2.24) is 0 Å². The summed E-state index contributed by atoms with van der Waals surface area (Å²) in [6, 6.07) is 3.14. The molecule has 1 aromatic carbocycles. The number of ether oxygens (including phenoxy) is 1. The first kappa shape index (κ1) is 61.8. The number of rotatable bonds is 9. The van der Waals surface area contributed by atoms with Gasteiger partial charge in [-0.05, 0) is 98.4 Å². The minimum absolute atomic E-state index is 0.0608. The largest absolute Gasteiger partial charge is 0.430 e. The maximum Gasteiger partial charge on any atom is 0.430 e. The Morgan fingerprint density at radius 1 is 0.411 bits per heavy atom. The van der Waals surface area contributed by atoms with E-state index in [1.807, 2.05) is 18.2 Å². The molecule has 5 nitrogen and oxygen atoms in total. The van der Waals surface area contributed by atoms with Crippen molar-refractivity contribution in [3.05, 3.63) is 78.4 Å². The van der Waals surface area contributed by atoms with E-state index in [1.54, 1.807) is 18.2 Å². The van der Waals surface area contributed by atoms with Gasteiger partial charge in [0.05, 0.1) is 12.7 Å². The highest BCUT2D eigenvalue weighted by Crippen LogP contribution is 2.56. The van der Waals surface area contributed by atoms with Gasteiger partial charge in [-0.15, -0.1) is 0 Å². The molecular formula is C44H44F24O5. The van der Waals surface area contributed by atoms with E-state index in [9.17, 15) is 105 Å². The maximum absolute atomic E-state index is 12.5. The quantitative estimate of drug-likeness (QED) is 0.146. The molecule has 0 radical (unpaired) electrons. The molecule has 4 N–H and O–H groups in total. The summed E-state index contributed by atoms with van der Waals surface area (Å²) in [7, 11) is 0. The van der Waals surface area contributed by atoms with Gasteiger partial charge >= 0.3 is 49.4 Å². The number of fused-ring (bicyclic) bond motifs is 6. The van der Waals surface area contributed by atoms with Crippen molar-refractivity contribution in [3.63, 3.8) is 0 Å². The third-order valence-corrected chi connectivity index (χ3v) is 13.9. The first-order valence-electron chi connectivity index (χ1n) is 21.5. The van der Waals surface area contributed by atoms with E-state index < -0.39 is 115 Å². The van der Waals surface area contributed by atoms with Gasteiger partial charge in [-0.1, -0.05) is 73.4 Å². The number of allylic oxidation sites excluding steroid dienone is 5. The molecule has 0 aliphatic heterocycles. The standard InChI is InChI=1S/C11H12F6O2.2C11H12F6O.C11H8F6O/c12-10(13,14)9(18,11(15,16)17)5-19-8-4-6-1-2-7(8)3-6;2*12-10(13,14)9(18,11(15,16)17)5-8-4-6-1-2-7(8)3-6;1-2-7-3-5-8(6-4-7)9(18,10(12,13)14)11(15,16)17/h1-2,6-8,18H,3-5H2;2*1-2,6-8,18H,3-5H2;2-6,18H,1H2. The number of hydrogen-bond acceptors (Lipinski definition) is 5. The topological polar surface area (TPSA) is 90.2 Å². The average Bonchev–Trinajstić information content (AvgIpc) is 4.11. The van der Waals surface area contributed by atoms with Crippen molar-refractivity contribution in [2.75, 3.05) is 6.61 Å². The van der Waals surface area contributed by atoms with Gasteiger partial charge in [0.1, 0.15) is 0 Å². The van der Waals surface area contributed by atoms with E-state index in [2.05, 4.69) is 6.58 Å². The molecule has 6 aliphatic carbocycles. The number of hydrogen-bond donors (Lipinski definition) is 4. The molecule has 6 bridgehead atoms. The summed E-state index contributed by atoms with van der Waals surface area (Å²) in [4.78, 5) is 0. The molecule has 0 spiro atoms. The van der Waals surface area contributed by atoms with Crippen LogP contribution in [0.3, 0.4) is 0 Å². The fourth-order valence-electron chi connectivity index (χ4n) is 9.62. The van der Waals surface area contributed by atoms with Gasteiger partial charge in [-0.2, -0.15) is 105 Å². The van der Waals surface area contributed by atoms with Gasteiger partial charge in [0, 0.05) is 11.5 Å². The van der Waals surface area contributed by atoms with Crippen LogP contribution in [0.2, 0.25) is 0 Å². The lowest BCUT2D eigenvalue weighted by molar-refractivity contribution is -0.380. The predicted octanol–water partition coefficient (Wildman–Crippen LogP) is 13.4. The number of alkyl halides is 24. The molecule has 1 aromatic rings. The lowest BCUT2D eigenvalue weighted by atomic mass is 9.82. The van der Waals surface area contributed by atoms with Crippen molar-refractivity contribution in [3.8, 4) is 0 Å². The zero-order chi connectivity index (χ0) is 56.2. The van der Waals surface area contributed by atoms with Gasteiger partial charge < -0.3 is 25.2 Å². The van der Waals surface area contributed by atoms with Crippen molar-refractivity contribution < 1.29 is 131 Å². The van der Waals surface area contributed by atoms with Crippen molar-refractivity contribution in [2.45, 2.75) is 129 Å². The minimum atomic E-state index is -5.86. The number of benzene rings is 1. The SMILES string of the molecule is C=Cc1ccc(C(O)(C(F)(F)F)C(F)(F)F)cc1.OC(CC1CC2C=CC1C2)(C(F)(F)F)C(F)(F)F.OC(CC1CC2C=CC1C2)(C(F)(F)F)C(F)(F)F.OC(COC1CC2C=CC1C2)(C(F)(F)F)C(F)(F)F. The second kappa shape index (κ2) is 20.7. The molecule has 6 aliphatic rings. The van der Waals surface area contributed by atoms with Crippen LogP contribution in [0, 0.1) is 47.3 Å². The van der Waals surface area contributed by atoms with Crippen molar-refractivity contribution >= 4 is 6.08 Å². The van der Waals surface area contributed by atoms with Crippen molar-refractivity contribution in [1.29, 1.82) is 0 Å². The minimum Gasteiger partial charge on any atom is -0.374 e. The Bertz CT molecular complexity index is 1980. The highest BCUT2D eigenvalue weighted by molar-refractivity contribution is 5.48. The molecule has 3 saturated carbocycles. The Morgan fingerprint density at radius 3 is 0.959 bits per heavy atom. The molecule has 0 heterocycles. The third-order valence-electron chi connectivity index (χ3n) is 13.9. The van der Waals surface area contributed by atoms with Crippen LogP contribution in [0.5, 0.6) is 0 Å². The summed E-state index contributed by atoms with van der Waals surface area (Å²) in [6.07, 6.45) is -34.8. The van der Waals surface area contributed by atoms with Crippen LogP contribution in [0.1, 0.15) is 62.5 Å². The summed E-state index contributed by atoms with van der Waals surface area (Å²) in [5.74, 6) is -1.94. The molecule has 9 atom stereocenters. The van der Waals surface area contributed by atoms with Crippen LogP contribution in [0.25, 0.3) is 6.08 Å². The van der Waals surface area contributed by atoms with E-state index >= 15 is 0 Å². The molecule has 0 saturated heterocycles. The lowest BCUT2D eigenvalue weighted by Gasteiger charge is -2.35. The Balaban J connectivity index is 0.000000211. The first-order valence-corrected chi connectivity index (χ1v) is 21.5. The highest BCUT2D eigenvalue weighted by Gasteiger charge is 2.74. The van der Waals surface area contributed by atoms with Crippen LogP contribution in [-0.2, 0) is 10.3 Å². The third kappa shape index (κ3) is 12.8. The van der Waals surface area contributed by atoms with Crippen LogP contribution in [0.15, 0.2) is 67.3 Å². The molecule has 7 rings (SSSR count). The predicted molar refractivity (Wildman–Crippen MR) is 206 cm³/mol. The average molecular weight is 1110 g/mol. The maximum atomic E-state index is 12.5. The van der Waals surface area contributed by atoms with Gasteiger partial charge in [-0.25, -0.2) is 0 Å². The first-order chi connectivity index (χ1) is 32.7. The summed E-state index contributed by atoms with van der Waals surface area (Å²) >= 11 is 0. The van der Waals surface area contributed by atoms with Gasteiger partial charge in [0.2, 0.25) is 0 Å². The van der Waals surface area contributed by atoms with Crippen molar-refractivity contribution in [2.24, 2.45) is 47.3 Å². The molecule has 418 valence electrons. The normalized spacial score (nSPS) is 27.4. The van der Waals surface area contributed by atoms with Crippen LogP contribution in [-0.4, -0.2) is 99.4 Å². The van der Waals surface area contributed by atoms with Crippen LogP contribution < -0.4 is 0 Å². The molecule has 73 heavy (non-hydrogen) atoms. The van der Waals surface area contributed by atoms with Gasteiger partial charge in [-0.3, -0.25) is 0 Å². The van der Waals surface area contributed by atoms with Gasteiger partial charge in [0.25, 0.3) is 22.4 Å². The monoisotopic (exact) mass is 1110 g/mol. The fourth-order valence-corrected chi connectivity index (χ4v) is 9.62. The lowest BCUT2D eigenvalue weighted by Crippen LogP contribution is -2.60. The van der Waals surface area contributed by atoms with E-state index in [1.165, 1.54) is 6.08 Å². The molecule has 0 amide bonds. The Labute approximate surface area is 398 Å². The highest BCUT2D eigenvalue weighted by atomic mass is 19.4. The molecular weight excluding hydrogens is 1060 g/mol. The van der Waals surface area contributed by atoms with Gasteiger partial charge in [0.15, 0.2) is 0 Å². The van der Waals surface area contributed by atoms with Crippen LogP contribution >= 0.6 is 0 Å². The summed E-state index contributed by atoms with van der Waals surface area (Å²) < 4.78 is 304.